The van der Waals surface area contributed by atoms with Gasteiger partial charge in [0.1, 0.15) is 5.00 Å². The molecule has 1 N–H and O–H groups in total. The number of fused-ring (bicyclic) bond motifs is 1. The minimum Gasteiger partial charge on any atom is -0.462 e. The van der Waals surface area contributed by atoms with Gasteiger partial charge in [-0.1, -0.05) is 43.2 Å². The van der Waals surface area contributed by atoms with E-state index in [1.54, 1.807) is 11.3 Å². The van der Waals surface area contributed by atoms with E-state index in [0.29, 0.717) is 35.4 Å². The van der Waals surface area contributed by atoms with Crippen molar-refractivity contribution in [3.63, 3.8) is 0 Å². The van der Waals surface area contributed by atoms with Crippen molar-refractivity contribution < 1.29 is 14.3 Å². The number of thiophene rings is 1. The summed E-state index contributed by atoms with van der Waals surface area (Å²) in [7, 11) is 0. The van der Waals surface area contributed by atoms with Crippen molar-refractivity contribution >= 4 is 28.2 Å². The van der Waals surface area contributed by atoms with Crippen molar-refractivity contribution in [1.29, 1.82) is 0 Å². The summed E-state index contributed by atoms with van der Waals surface area (Å²) in [6.45, 7) is 2.16. The van der Waals surface area contributed by atoms with Crippen LogP contribution < -0.4 is 5.32 Å². The normalized spacial score (nSPS) is 19.0. The van der Waals surface area contributed by atoms with Crippen LogP contribution in [0.2, 0.25) is 0 Å². The molecule has 2 aliphatic rings. The van der Waals surface area contributed by atoms with E-state index in [1.807, 2.05) is 13.0 Å². The van der Waals surface area contributed by atoms with Gasteiger partial charge in [0.15, 0.2) is 0 Å². The van der Waals surface area contributed by atoms with Crippen LogP contribution in [-0.2, 0) is 22.4 Å². The Morgan fingerprint density at radius 2 is 1.90 bits per heavy atom. The summed E-state index contributed by atoms with van der Waals surface area (Å²) in [6, 6.07) is 10.6. The van der Waals surface area contributed by atoms with Gasteiger partial charge in [0.2, 0.25) is 5.91 Å². The highest BCUT2D eigenvalue weighted by Crippen LogP contribution is 2.43. The average Bonchev–Trinajstić information content (AvgIpc) is 3.35. The number of hydrogen-bond donors (Lipinski definition) is 1. The number of nitrogens with one attached hydrogen (secondary N) is 1. The number of hydrogen-bond acceptors (Lipinski definition) is 4. The van der Waals surface area contributed by atoms with E-state index in [4.69, 9.17) is 4.74 Å². The third-order valence-electron chi connectivity index (χ3n) is 6.22. The van der Waals surface area contributed by atoms with E-state index in [2.05, 4.69) is 29.6 Å². The van der Waals surface area contributed by atoms with Crippen molar-refractivity contribution in [3.05, 3.63) is 51.9 Å². The van der Waals surface area contributed by atoms with Crippen LogP contribution in [0.5, 0.6) is 0 Å². The summed E-state index contributed by atoms with van der Waals surface area (Å²) in [5.41, 5.74) is 3.02. The Kier molecular flexibility index (Phi) is 6.34. The molecule has 0 bridgehead atoms. The maximum Gasteiger partial charge on any atom is 0.341 e. The van der Waals surface area contributed by atoms with E-state index < -0.39 is 0 Å². The Labute approximate surface area is 176 Å². The van der Waals surface area contributed by atoms with Crippen LogP contribution in [0.25, 0.3) is 0 Å². The molecular formula is C24H29NO3S. The minimum absolute atomic E-state index is 0.0284. The van der Waals surface area contributed by atoms with E-state index in [9.17, 15) is 9.59 Å². The van der Waals surface area contributed by atoms with Crippen molar-refractivity contribution in [1.82, 2.24) is 0 Å². The van der Waals surface area contributed by atoms with Crippen LogP contribution in [0.15, 0.2) is 30.3 Å². The van der Waals surface area contributed by atoms with Gasteiger partial charge >= 0.3 is 5.97 Å². The summed E-state index contributed by atoms with van der Waals surface area (Å²) in [4.78, 5) is 26.6. The zero-order valence-corrected chi connectivity index (χ0v) is 17.9. The number of ether oxygens (including phenoxy) is 1. The lowest BCUT2D eigenvalue weighted by atomic mass is 9.83. The molecule has 1 aromatic carbocycles. The van der Waals surface area contributed by atoms with Crippen molar-refractivity contribution in [2.45, 2.75) is 64.2 Å². The van der Waals surface area contributed by atoms with Gasteiger partial charge in [-0.2, -0.15) is 0 Å². The molecule has 1 saturated carbocycles. The van der Waals surface area contributed by atoms with Crippen LogP contribution in [0.3, 0.4) is 0 Å². The molecule has 2 aromatic rings. The second-order valence-electron chi connectivity index (χ2n) is 8.18. The van der Waals surface area contributed by atoms with Crippen LogP contribution in [0.1, 0.15) is 77.7 Å². The highest BCUT2D eigenvalue weighted by atomic mass is 32.1. The first-order valence-electron chi connectivity index (χ1n) is 10.8. The molecule has 0 radical (unpaired) electrons. The molecule has 5 heteroatoms. The number of anilines is 1. The number of amides is 1. The molecule has 4 rings (SSSR count). The van der Waals surface area contributed by atoms with E-state index in [1.165, 1.54) is 23.3 Å². The van der Waals surface area contributed by atoms with Gasteiger partial charge in [0, 0.05) is 11.3 Å². The summed E-state index contributed by atoms with van der Waals surface area (Å²) in [5, 5.41) is 3.75. The second-order valence-corrected chi connectivity index (χ2v) is 9.29. The van der Waals surface area contributed by atoms with Crippen LogP contribution in [0.4, 0.5) is 5.00 Å². The lowest BCUT2D eigenvalue weighted by Gasteiger charge is -2.23. The topological polar surface area (TPSA) is 55.4 Å². The van der Waals surface area contributed by atoms with Gasteiger partial charge in [-0.15, -0.1) is 11.3 Å². The maximum absolute atomic E-state index is 12.7. The molecule has 0 saturated heterocycles. The lowest BCUT2D eigenvalue weighted by molar-refractivity contribution is -0.117. The van der Waals surface area contributed by atoms with Crippen molar-refractivity contribution in [2.75, 3.05) is 11.9 Å². The Morgan fingerprint density at radius 3 is 2.62 bits per heavy atom. The zero-order chi connectivity index (χ0) is 20.2. The highest BCUT2D eigenvalue weighted by molar-refractivity contribution is 7.17. The lowest BCUT2D eigenvalue weighted by Crippen LogP contribution is -2.18. The van der Waals surface area contributed by atoms with Gasteiger partial charge in [-0.3, -0.25) is 4.79 Å². The molecule has 1 heterocycles. The second kappa shape index (κ2) is 9.12. The SMILES string of the molecule is CCOC(=O)c1c(NC(=O)CC2CCCC2)sc2c1CCC(c1ccccc1)C2. The van der Waals surface area contributed by atoms with E-state index in [0.717, 1.165) is 37.7 Å². The first-order valence-corrected chi connectivity index (χ1v) is 11.6. The molecule has 1 amide bonds. The van der Waals surface area contributed by atoms with Gasteiger partial charge in [0.25, 0.3) is 0 Å². The monoisotopic (exact) mass is 411 g/mol. The smallest absolute Gasteiger partial charge is 0.341 e. The van der Waals surface area contributed by atoms with Crippen LogP contribution in [0, 0.1) is 5.92 Å². The number of esters is 1. The summed E-state index contributed by atoms with van der Waals surface area (Å²) >= 11 is 1.57. The molecule has 154 valence electrons. The average molecular weight is 412 g/mol. The van der Waals surface area contributed by atoms with Crippen molar-refractivity contribution in [2.24, 2.45) is 5.92 Å². The van der Waals surface area contributed by atoms with Gasteiger partial charge in [0.05, 0.1) is 12.2 Å². The van der Waals surface area contributed by atoms with Gasteiger partial charge in [-0.05, 0) is 62.0 Å². The fourth-order valence-electron chi connectivity index (χ4n) is 4.76. The first-order chi connectivity index (χ1) is 14.2. The number of carbonyl (C=O) groups excluding carboxylic acids is 2. The van der Waals surface area contributed by atoms with E-state index in [-0.39, 0.29) is 11.9 Å². The molecule has 1 atom stereocenters. The Balaban J connectivity index is 1.57. The molecule has 4 nitrogen and oxygen atoms in total. The molecule has 0 spiro atoms. The number of benzene rings is 1. The predicted octanol–water partition coefficient (Wildman–Crippen LogP) is 5.72. The van der Waals surface area contributed by atoms with Gasteiger partial charge < -0.3 is 10.1 Å². The molecule has 2 aliphatic carbocycles. The minimum atomic E-state index is -0.306. The molecular weight excluding hydrogens is 382 g/mol. The zero-order valence-electron chi connectivity index (χ0n) is 17.0. The largest absolute Gasteiger partial charge is 0.462 e. The Bertz CT molecular complexity index is 868. The quantitative estimate of drug-likeness (QED) is 0.619. The highest BCUT2D eigenvalue weighted by Gasteiger charge is 2.31. The maximum atomic E-state index is 12.7. The number of rotatable bonds is 6. The summed E-state index contributed by atoms with van der Waals surface area (Å²) < 4.78 is 5.34. The molecule has 1 fully saturated rings. The fraction of sp³-hybridized carbons (Fsp3) is 0.500. The molecule has 1 unspecified atom stereocenters. The standard InChI is InChI=1S/C24H29NO3S/c1-2-28-24(27)22-19-13-12-18(17-10-4-3-5-11-17)15-20(19)29-23(22)25-21(26)14-16-8-6-7-9-16/h3-5,10-11,16,18H,2,6-9,12-15H2,1H3,(H,25,26). The first kappa shape index (κ1) is 20.1. The summed E-state index contributed by atoms with van der Waals surface area (Å²) in [5.74, 6) is 0.664. The predicted molar refractivity (Wildman–Crippen MR) is 117 cm³/mol. The molecule has 0 aliphatic heterocycles. The third-order valence-corrected chi connectivity index (χ3v) is 7.39. The Morgan fingerprint density at radius 1 is 1.14 bits per heavy atom. The molecule has 29 heavy (non-hydrogen) atoms. The summed E-state index contributed by atoms with van der Waals surface area (Å²) in [6.07, 6.45) is 8.04. The number of carbonyl (C=O) groups is 2. The fourth-order valence-corrected chi connectivity index (χ4v) is 6.09. The van der Waals surface area contributed by atoms with Gasteiger partial charge in [-0.25, -0.2) is 4.79 Å². The third kappa shape index (κ3) is 4.55. The van der Waals surface area contributed by atoms with Crippen LogP contribution >= 0.6 is 11.3 Å². The van der Waals surface area contributed by atoms with Crippen LogP contribution in [-0.4, -0.2) is 18.5 Å². The Hall–Kier alpha value is -2.14. The van der Waals surface area contributed by atoms with Crippen molar-refractivity contribution in [3.8, 4) is 0 Å². The molecule has 1 aromatic heterocycles. The van der Waals surface area contributed by atoms with E-state index >= 15 is 0 Å².